The number of phosphoric acid groups is 1. The van der Waals surface area contributed by atoms with Gasteiger partial charge in [0, 0.05) is 19.7 Å². The SMILES string of the molecule is C=CCCC(=O)N(C)[C@@H](COCc1ccccc1)C(=O)O[C@@H]1[C@@H](COP(=O)(O)[C@@H]2[C@@H](COP(=O)(O)O)OC[C@]2(O)n2ccc(N)nc2=O)OC[C@]1(O)n1cnc2c(N)ncnc21. The van der Waals surface area contributed by atoms with Gasteiger partial charge in [0.25, 0.3) is 0 Å². The number of carbonyl (C=O) groups excluding carboxylic acids is 2. The molecule has 1 amide bonds. The molecule has 6 rings (SSSR count). The molecular weight excluding hydrogens is 864 g/mol. The van der Waals surface area contributed by atoms with Crippen molar-refractivity contribution in [2.24, 2.45) is 0 Å². The Labute approximate surface area is 351 Å². The van der Waals surface area contributed by atoms with Crippen LogP contribution in [-0.2, 0) is 64.8 Å². The van der Waals surface area contributed by atoms with Crippen LogP contribution < -0.4 is 17.2 Å². The number of fused-ring (bicyclic) bond motifs is 1. The van der Waals surface area contributed by atoms with E-state index >= 15 is 0 Å². The van der Waals surface area contributed by atoms with Gasteiger partial charge in [-0.2, -0.15) is 4.98 Å². The van der Waals surface area contributed by atoms with Crippen LogP contribution in [-0.4, -0.2) is 141 Å². The van der Waals surface area contributed by atoms with E-state index in [-0.39, 0.29) is 42.2 Å². The van der Waals surface area contributed by atoms with Gasteiger partial charge < -0.3 is 64.7 Å². The Morgan fingerprint density at radius 3 is 2.40 bits per heavy atom. The van der Waals surface area contributed by atoms with E-state index in [4.69, 9.17) is 34.9 Å². The topological polar surface area (TPSA) is 359 Å². The highest BCUT2D eigenvalue weighted by atomic mass is 31.2. The molecule has 2 saturated heterocycles. The highest BCUT2D eigenvalue weighted by Gasteiger charge is 2.62. The number of nitrogens with zero attached hydrogens (tertiary/aromatic N) is 7. The van der Waals surface area contributed by atoms with Gasteiger partial charge in [0.05, 0.1) is 46.0 Å². The smallest absolute Gasteiger partial charge is 0.453 e. The Morgan fingerprint density at radius 1 is 1.02 bits per heavy atom. The first-order valence-corrected chi connectivity index (χ1v) is 21.8. The molecule has 62 heavy (non-hydrogen) atoms. The number of nitrogen functional groups attached to an aromatic ring is 2. The molecule has 2 aliphatic heterocycles. The predicted molar refractivity (Wildman–Crippen MR) is 212 cm³/mol. The molecule has 3 aromatic heterocycles. The van der Waals surface area contributed by atoms with Gasteiger partial charge in [-0.1, -0.05) is 36.4 Å². The zero-order valence-electron chi connectivity index (χ0n) is 32.9. The number of anilines is 2. The molecule has 0 saturated carbocycles. The van der Waals surface area contributed by atoms with Gasteiger partial charge in [-0.25, -0.2) is 29.1 Å². The van der Waals surface area contributed by atoms with Crippen LogP contribution in [0, 0.1) is 0 Å². The minimum absolute atomic E-state index is 0.0285. The summed E-state index contributed by atoms with van der Waals surface area (Å²) in [6, 6.07) is 8.61. The number of nitrogens with two attached hydrogens (primary N) is 2. The van der Waals surface area contributed by atoms with Gasteiger partial charge in [0.15, 0.2) is 29.3 Å². The summed E-state index contributed by atoms with van der Waals surface area (Å²) in [4.78, 5) is 87.7. The number of carbonyl (C=O) groups is 2. The average molecular weight is 910 g/mol. The number of hydrogen-bond acceptors (Lipinski definition) is 19. The van der Waals surface area contributed by atoms with E-state index in [9.17, 15) is 48.4 Å². The van der Waals surface area contributed by atoms with Crippen molar-refractivity contribution < 1.29 is 71.6 Å². The quantitative estimate of drug-likeness (QED) is 0.0335. The maximum atomic E-state index is 14.3. The van der Waals surface area contributed by atoms with Crippen LogP contribution in [0.4, 0.5) is 11.6 Å². The van der Waals surface area contributed by atoms with Crippen molar-refractivity contribution in [3.8, 4) is 0 Å². The number of hydrogen-bond donors (Lipinski definition) is 7. The Bertz CT molecular complexity index is 2420. The molecule has 5 heterocycles. The average Bonchev–Trinajstić information content (AvgIpc) is 3.91. The molecule has 2 aliphatic rings. The Kier molecular flexibility index (Phi) is 14.1. The molecule has 9 N–H and O–H groups in total. The highest BCUT2D eigenvalue weighted by Crippen LogP contribution is 2.58. The van der Waals surface area contributed by atoms with Crippen molar-refractivity contribution in [1.29, 1.82) is 0 Å². The lowest BCUT2D eigenvalue weighted by atomic mass is 10.0. The molecule has 2 fully saturated rings. The number of aromatic nitrogens is 6. The van der Waals surface area contributed by atoms with Crippen LogP contribution in [0.5, 0.6) is 0 Å². The largest absolute Gasteiger partial charge is 0.469 e. The normalized spacial score (nSPS) is 25.3. The van der Waals surface area contributed by atoms with E-state index < -0.39 is 107 Å². The van der Waals surface area contributed by atoms with Gasteiger partial charge in [0.1, 0.15) is 35.5 Å². The molecular formula is C35H45N9O16P2. The fraction of sp³-hybridized carbons (Fsp3) is 0.457. The van der Waals surface area contributed by atoms with E-state index in [1.54, 1.807) is 30.3 Å². The van der Waals surface area contributed by atoms with Crippen LogP contribution in [0.2, 0.25) is 0 Å². The van der Waals surface area contributed by atoms with Crippen LogP contribution in [0.25, 0.3) is 11.2 Å². The molecule has 25 nitrogen and oxygen atoms in total. The van der Waals surface area contributed by atoms with Crippen LogP contribution >= 0.6 is 15.4 Å². The molecule has 1 aromatic carbocycles. The van der Waals surface area contributed by atoms with Gasteiger partial charge >= 0.3 is 27.1 Å². The summed E-state index contributed by atoms with van der Waals surface area (Å²) < 4.78 is 60.8. The fourth-order valence-corrected chi connectivity index (χ4v) is 9.17. The molecule has 8 atom stereocenters. The summed E-state index contributed by atoms with van der Waals surface area (Å²) in [6.07, 6.45) is -0.393. The van der Waals surface area contributed by atoms with Crippen molar-refractivity contribution in [2.45, 2.75) is 60.9 Å². The first-order valence-electron chi connectivity index (χ1n) is 18.6. The predicted octanol–water partition coefficient (Wildman–Crippen LogP) is -1.06. The third kappa shape index (κ3) is 9.94. The van der Waals surface area contributed by atoms with E-state index in [1.807, 2.05) is 0 Å². The summed E-state index contributed by atoms with van der Waals surface area (Å²) in [5.41, 5.74) is 3.76. The van der Waals surface area contributed by atoms with Gasteiger partial charge in [0.2, 0.25) is 11.6 Å². The molecule has 0 spiro atoms. The molecule has 336 valence electrons. The van der Waals surface area contributed by atoms with Gasteiger partial charge in [-0.05, 0) is 18.1 Å². The number of rotatable bonds is 19. The van der Waals surface area contributed by atoms with E-state index in [0.717, 1.165) is 39.9 Å². The monoisotopic (exact) mass is 909 g/mol. The second-order valence-corrected chi connectivity index (χ2v) is 17.5. The standard InChI is InChI=1S/C35H45N9O16P2/c1-3-4-10-26(45)42(2)22(14-55-13-21-8-6-5-7-9-21)32(46)60-28-23(56-17-34(28,48)44-20-40-27-30(37)38-19-39-31(27)44)15-58-61(50,51)29-24(16-59-62(52,53)54)57-18-35(29,49)43-12-11-25(36)41-33(43)47/h3,5-9,11-12,19-20,22-24,28-29,48-49H,1,4,10,13-18H2,2H3,(H,50,51)(H2,36,41,47)(H2,37,38,39)(H2,52,53,54)/t22-,23+,24+,28+,29+,34+,35+/m0/s1. The minimum Gasteiger partial charge on any atom is -0.453 e. The van der Waals surface area contributed by atoms with E-state index in [0.29, 0.717) is 4.57 Å². The Balaban J connectivity index is 1.34. The maximum absolute atomic E-state index is 14.3. The number of likely N-dealkylation sites (N-methyl/N-ethyl adjacent to an activating group) is 1. The summed E-state index contributed by atoms with van der Waals surface area (Å²) in [5, 5.41) is 24.3. The third-order valence-electron chi connectivity index (χ3n) is 10.2. The Hall–Kier alpha value is -5.01. The van der Waals surface area contributed by atoms with Crippen molar-refractivity contribution in [3.05, 3.63) is 84.0 Å². The molecule has 0 bridgehead atoms. The maximum Gasteiger partial charge on any atom is 0.469 e. The molecule has 4 aromatic rings. The molecule has 1 unspecified atom stereocenters. The fourth-order valence-electron chi connectivity index (χ4n) is 6.99. The van der Waals surface area contributed by atoms with Crippen LogP contribution in [0.1, 0.15) is 18.4 Å². The number of esters is 1. The van der Waals surface area contributed by atoms with Crippen molar-refractivity contribution in [2.75, 3.05) is 51.5 Å². The van der Waals surface area contributed by atoms with Crippen LogP contribution in [0.15, 0.2) is 72.7 Å². The molecule has 0 radical (unpaired) electrons. The minimum atomic E-state index is -5.43. The lowest BCUT2D eigenvalue weighted by molar-refractivity contribution is -0.182. The summed E-state index contributed by atoms with van der Waals surface area (Å²) in [5.74, 6) is -1.93. The second kappa shape index (κ2) is 18.8. The number of imidazole rings is 1. The lowest BCUT2D eigenvalue weighted by Gasteiger charge is -2.35. The van der Waals surface area contributed by atoms with Crippen molar-refractivity contribution >= 4 is 50.1 Å². The number of allylic oxidation sites excluding steroid dienone is 1. The first kappa shape index (κ1) is 46.5. The Morgan fingerprint density at radius 2 is 1.71 bits per heavy atom. The first-order chi connectivity index (χ1) is 29.3. The number of ether oxygens (including phenoxy) is 4. The zero-order chi connectivity index (χ0) is 45.0. The van der Waals surface area contributed by atoms with Gasteiger partial charge in [-0.3, -0.25) is 23.0 Å². The van der Waals surface area contributed by atoms with E-state index in [2.05, 4.69) is 31.0 Å². The number of aliphatic hydroxyl groups is 2. The second-order valence-electron chi connectivity index (χ2n) is 14.3. The third-order valence-corrected chi connectivity index (χ3v) is 12.6. The number of benzene rings is 1. The van der Waals surface area contributed by atoms with Crippen molar-refractivity contribution in [3.63, 3.8) is 0 Å². The van der Waals surface area contributed by atoms with Crippen molar-refractivity contribution in [1.82, 2.24) is 34.0 Å². The van der Waals surface area contributed by atoms with E-state index in [1.165, 1.54) is 13.1 Å². The molecule has 27 heteroatoms. The summed E-state index contributed by atoms with van der Waals surface area (Å²) in [7, 11) is -9.29. The van der Waals surface area contributed by atoms with Gasteiger partial charge in [-0.15, -0.1) is 6.58 Å². The zero-order valence-corrected chi connectivity index (χ0v) is 34.7. The number of phosphoric ester groups is 1. The molecule has 0 aliphatic carbocycles. The van der Waals surface area contributed by atoms with Crippen LogP contribution in [0.3, 0.4) is 0 Å². The summed E-state index contributed by atoms with van der Waals surface area (Å²) in [6.45, 7) is -0.409. The lowest BCUT2D eigenvalue weighted by Crippen LogP contribution is -2.54. The highest BCUT2D eigenvalue weighted by molar-refractivity contribution is 7.53. The number of amides is 1. The summed E-state index contributed by atoms with van der Waals surface area (Å²) >= 11 is 0.